The third kappa shape index (κ3) is 4.59. The van der Waals surface area contributed by atoms with Gasteiger partial charge < -0.3 is 14.6 Å². The van der Waals surface area contributed by atoms with Gasteiger partial charge in [-0.3, -0.25) is 14.9 Å². The summed E-state index contributed by atoms with van der Waals surface area (Å²) < 4.78 is 8.32. The quantitative estimate of drug-likeness (QED) is 0.608. The van der Waals surface area contributed by atoms with Crippen LogP contribution in [0.3, 0.4) is 0 Å². The summed E-state index contributed by atoms with van der Waals surface area (Å²) in [7, 11) is 0. The highest BCUT2D eigenvalue weighted by atomic mass is 32.1. The number of carbonyl (C=O) groups excluding carboxylic acids is 1. The van der Waals surface area contributed by atoms with Gasteiger partial charge in [-0.05, 0) is 50.3 Å². The average Bonchev–Trinajstić information content (AvgIpc) is 3.03. The number of aromatic nitrogens is 4. The molecule has 8 heteroatoms. The van der Waals surface area contributed by atoms with Gasteiger partial charge in [0.2, 0.25) is 0 Å². The van der Waals surface area contributed by atoms with Crippen molar-refractivity contribution >= 4 is 18.1 Å². The Bertz CT molecular complexity index is 965. The van der Waals surface area contributed by atoms with Crippen LogP contribution in [0.5, 0.6) is 11.5 Å². The third-order valence-corrected chi connectivity index (χ3v) is 4.21. The van der Waals surface area contributed by atoms with E-state index in [1.54, 1.807) is 42.7 Å². The van der Waals surface area contributed by atoms with Gasteiger partial charge in [0.25, 0.3) is 5.91 Å². The van der Waals surface area contributed by atoms with Crippen LogP contribution in [0.15, 0.2) is 48.8 Å². The number of H-pyrrole nitrogens is 1. The van der Waals surface area contributed by atoms with E-state index >= 15 is 0 Å². The van der Waals surface area contributed by atoms with Crippen LogP contribution < -0.4 is 10.1 Å². The van der Waals surface area contributed by atoms with Crippen LogP contribution in [0.25, 0.3) is 0 Å². The van der Waals surface area contributed by atoms with E-state index < -0.39 is 0 Å². The number of hydrogen-bond acceptors (Lipinski definition) is 5. The highest BCUT2D eigenvalue weighted by molar-refractivity contribution is 7.71. The van der Waals surface area contributed by atoms with Gasteiger partial charge in [-0.25, -0.2) is 0 Å². The molecule has 3 aromatic rings. The van der Waals surface area contributed by atoms with Crippen LogP contribution in [0.2, 0.25) is 0 Å². The summed E-state index contributed by atoms with van der Waals surface area (Å²) in [5.74, 6) is 1.66. The summed E-state index contributed by atoms with van der Waals surface area (Å²) >= 11 is 5.24. The minimum absolute atomic E-state index is 0.204. The van der Waals surface area contributed by atoms with E-state index in [0.29, 0.717) is 34.8 Å². The molecule has 0 fully saturated rings. The predicted molar refractivity (Wildman–Crippen MR) is 105 cm³/mol. The molecule has 0 aliphatic carbocycles. The van der Waals surface area contributed by atoms with Gasteiger partial charge in [0.05, 0.1) is 11.8 Å². The largest absolute Gasteiger partial charge is 0.455 e. The number of aromatic amines is 1. The lowest BCUT2D eigenvalue weighted by Gasteiger charge is -2.12. The number of nitrogens with zero attached hydrogens (tertiary/aromatic N) is 3. The van der Waals surface area contributed by atoms with Gasteiger partial charge in [0.15, 0.2) is 4.77 Å². The Morgan fingerprint density at radius 3 is 2.85 bits per heavy atom. The Hall–Kier alpha value is -3.00. The normalized spacial score (nSPS) is 10.8. The molecule has 0 aliphatic rings. The van der Waals surface area contributed by atoms with Crippen molar-refractivity contribution in [2.24, 2.45) is 0 Å². The highest BCUT2D eigenvalue weighted by Gasteiger charge is 2.14. The summed E-state index contributed by atoms with van der Waals surface area (Å²) in [4.78, 5) is 16.6. The lowest BCUT2D eigenvalue weighted by atomic mass is 10.2. The minimum Gasteiger partial charge on any atom is -0.455 e. The van der Waals surface area contributed by atoms with Gasteiger partial charge >= 0.3 is 0 Å². The van der Waals surface area contributed by atoms with Crippen molar-refractivity contribution in [3.8, 4) is 11.5 Å². The summed E-state index contributed by atoms with van der Waals surface area (Å²) in [5, 5.41) is 9.96. The fourth-order valence-corrected chi connectivity index (χ4v) is 3.07. The zero-order valence-corrected chi connectivity index (χ0v) is 16.0. The van der Waals surface area contributed by atoms with Gasteiger partial charge in [-0.2, -0.15) is 5.10 Å². The van der Waals surface area contributed by atoms with Gasteiger partial charge in [-0.1, -0.05) is 12.1 Å². The molecule has 0 saturated carbocycles. The van der Waals surface area contributed by atoms with E-state index in [9.17, 15) is 4.79 Å². The van der Waals surface area contributed by atoms with Crippen LogP contribution in [0.1, 0.15) is 36.1 Å². The van der Waals surface area contributed by atoms with Crippen LogP contribution in [-0.2, 0) is 6.42 Å². The van der Waals surface area contributed by atoms with Gasteiger partial charge in [0, 0.05) is 25.2 Å². The lowest BCUT2D eigenvalue weighted by Crippen LogP contribution is -2.27. The van der Waals surface area contributed by atoms with Crippen molar-refractivity contribution in [1.82, 2.24) is 25.1 Å². The Balaban J connectivity index is 1.66. The van der Waals surface area contributed by atoms with Crippen molar-refractivity contribution < 1.29 is 9.53 Å². The number of amides is 1. The maximum Gasteiger partial charge on any atom is 0.255 e. The molecule has 1 amide bonds. The molecular weight excluding hydrogens is 362 g/mol. The van der Waals surface area contributed by atoms with Crippen molar-refractivity contribution in [1.29, 1.82) is 0 Å². The zero-order valence-electron chi connectivity index (χ0n) is 15.2. The van der Waals surface area contributed by atoms with Crippen molar-refractivity contribution in [3.05, 3.63) is 65.0 Å². The molecule has 0 spiro atoms. The maximum atomic E-state index is 12.6. The van der Waals surface area contributed by atoms with E-state index in [1.807, 2.05) is 24.5 Å². The molecule has 0 unspecified atom stereocenters. The molecule has 7 nitrogen and oxygen atoms in total. The molecule has 0 atom stereocenters. The third-order valence-electron chi connectivity index (χ3n) is 3.92. The summed E-state index contributed by atoms with van der Waals surface area (Å²) in [6.45, 7) is 4.52. The van der Waals surface area contributed by atoms with Crippen molar-refractivity contribution in [2.45, 2.75) is 26.3 Å². The first kappa shape index (κ1) is 18.8. The van der Waals surface area contributed by atoms with Crippen molar-refractivity contribution in [2.75, 3.05) is 6.54 Å². The summed E-state index contributed by atoms with van der Waals surface area (Å²) in [6, 6.07) is 10.9. The molecule has 0 radical (unpaired) electrons. The molecule has 0 aliphatic heterocycles. The average molecular weight is 383 g/mol. The number of rotatable bonds is 7. The topological polar surface area (TPSA) is 84.8 Å². The molecular formula is C19H21N5O2S. The molecule has 2 aromatic heterocycles. The first-order chi connectivity index (χ1) is 13.1. The van der Waals surface area contributed by atoms with Gasteiger partial charge in [-0.15, -0.1) is 0 Å². The van der Waals surface area contributed by atoms with E-state index in [-0.39, 0.29) is 11.9 Å². The van der Waals surface area contributed by atoms with Crippen LogP contribution in [0, 0.1) is 4.77 Å². The number of para-hydroxylation sites is 1. The molecule has 2 heterocycles. The zero-order chi connectivity index (χ0) is 19.2. The summed E-state index contributed by atoms with van der Waals surface area (Å²) in [6.07, 6.45) is 3.84. The SMILES string of the molecule is CC(C)n1c(CCNC(=O)c2ccccc2Oc2cccnc2)n[nH]c1=S. The van der Waals surface area contributed by atoms with E-state index in [4.69, 9.17) is 17.0 Å². The second-order valence-corrected chi connectivity index (χ2v) is 6.59. The molecule has 0 bridgehead atoms. The maximum absolute atomic E-state index is 12.6. The fourth-order valence-electron chi connectivity index (χ4n) is 2.71. The van der Waals surface area contributed by atoms with E-state index in [0.717, 1.165) is 5.82 Å². The minimum atomic E-state index is -0.209. The van der Waals surface area contributed by atoms with E-state index in [1.165, 1.54) is 0 Å². The molecule has 140 valence electrons. The molecule has 0 saturated heterocycles. The second kappa shape index (κ2) is 8.59. The van der Waals surface area contributed by atoms with E-state index in [2.05, 4.69) is 20.5 Å². The first-order valence-electron chi connectivity index (χ1n) is 8.67. The number of pyridine rings is 1. The highest BCUT2D eigenvalue weighted by Crippen LogP contribution is 2.24. The van der Waals surface area contributed by atoms with Crippen LogP contribution in [-0.4, -0.2) is 32.2 Å². The molecule has 2 N–H and O–H groups in total. The fraction of sp³-hybridized carbons (Fsp3) is 0.263. The number of hydrogen-bond donors (Lipinski definition) is 2. The van der Waals surface area contributed by atoms with Crippen molar-refractivity contribution in [3.63, 3.8) is 0 Å². The summed E-state index contributed by atoms with van der Waals surface area (Å²) in [5.41, 5.74) is 0.462. The van der Waals surface area contributed by atoms with Crippen LogP contribution in [0.4, 0.5) is 0 Å². The number of ether oxygens (including phenoxy) is 1. The Kier molecular flexibility index (Phi) is 5.97. The standard InChI is InChI=1S/C19H21N5O2S/c1-13(2)24-17(22-23-19(24)27)9-11-21-18(25)15-7-3-4-8-16(15)26-14-6-5-10-20-12-14/h3-8,10,12-13H,9,11H2,1-2H3,(H,21,25)(H,23,27). The first-order valence-corrected chi connectivity index (χ1v) is 9.08. The number of benzene rings is 1. The Labute approximate surface area is 162 Å². The Morgan fingerprint density at radius 2 is 2.11 bits per heavy atom. The predicted octanol–water partition coefficient (Wildman–Crippen LogP) is 3.68. The Morgan fingerprint density at radius 1 is 1.30 bits per heavy atom. The second-order valence-electron chi connectivity index (χ2n) is 6.20. The number of nitrogens with one attached hydrogen (secondary N) is 2. The molecule has 27 heavy (non-hydrogen) atoms. The van der Waals surface area contributed by atoms with Gasteiger partial charge in [0.1, 0.15) is 17.3 Å². The smallest absolute Gasteiger partial charge is 0.255 e. The lowest BCUT2D eigenvalue weighted by molar-refractivity contribution is 0.0951. The molecule has 1 aromatic carbocycles. The van der Waals surface area contributed by atoms with Crippen LogP contribution >= 0.6 is 12.2 Å². The molecule has 3 rings (SSSR count). The monoisotopic (exact) mass is 383 g/mol. The number of carbonyl (C=O) groups is 1.